The van der Waals surface area contributed by atoms with Gasteiger partial charge in [-0.05, 0) is 31.4 Å². The molecule has 2 heterocycles. The van der Waals surface area contributed by atoms with E-state index in [9.17, 15) is 14.9 Å². The number of fused-ring (bicyclic) bond motifs is 1. The number of nitrogens with one attached hydrogen (secondary N) is 1. The van der Waals surface area contributed by atoms with Crippen molar-refractivity contribution in [2.24, 2.45) is 0 Å². The molecule has 8 nitrogen and oxygen atoms in total. The summed E-state index contributed by atoms with van der Waals surface area (Å²) in [5.41, 5.74) is -0.840. The van der Waals surface area contributed by atoms with Crippen LogP contribution in [0.4, 0.5) is 11.5 Å². The minimum absolute atomic E-state index is 0.0128. The molecule has 8 heteroatoms. The van der Waals surface area contributed by atoms with Crippen LogP contribution >= 0.6 is 0 Å². The normalized spacial score (nSPS) is 15.4. The molecule has 1 fully saturated rings. The zero-order chi connectivity index (χ0) is 17.6. The van der Waals surface area contributed by atoms with Gasteiger partial charge in [0, 0.05) is 19.3 Å². The van der Waals surface area contributed by atoms with Crippen molar-refractivity contribution in [2.75, 3.05) is 18.5 Å². The lowest BCUT2D eigenvalue weighted by molar-refractivity contribution is -0.385. The number of ether oxygens (including phenoxy) is 1. The van der Waals surface area contributed by atoms with E-state index in [1.54, 1.807) is 18.2 Å². The smallest absolute Gasteiger partial charge is 0.376 e. The highest BCUT2D eigenvalue weighted by molar-refractivity contribution is 5.59. The average Bonchev–Trinajstić information content (AvgIpc) is 2.62. The van der Waals surface area contributed by atoms with E-state index in [2.05, 4.69) is 10.3 Å². The third-order valence-electron chi connectivity index (χ3n) is 4.41. The summed E-state index contributed by atoms with van der Waals surface area (Å²) in [5, 5.41) is 14.2. The van der Waals surface area contributed by atoms with Gasteiger partial charge in [0.25, 0.3) is 0 Å². The number of aromatic nitrogens is 2. The van der Waals surface area contributed by atoms with Crippen molar-refractivity contribution >= 4 is 17.2 Å². The van der Waals surface area contributed by atoms with Gasteiger partial charge in [-0.25, -0.2) is 4.98 Å². The number of hydrogen-bond acceptors (Lipinski definition) is 6. The summed E-state index contributed by atoms with van der Waals surface area (Å²) in [6, 6.07) is 5.01. The number of hydrogen-bond donors (Lipinski definition) is 1. The van der Waals surface area contributed by atoms with E-state index >= 15 is 0 Å². The van der Waals surface area contributed by atoms with Gasteiger partial charge in [0.2, 0.25) is 5.82 Å². The van der Waals surface area contributed by atoms with Gasteiger partial charge in [-0.2, -0.15) is 0 Å². The molecule has 3 rings (SSSR count). The largest absolute Gasteiger partial charge is 0.378 e. The van der Waals surface area contributed by atoms with Crippen LogP contribution in [-0.4, -0.2) is 33.6 Å². The van der Waals surface area contributed by atoms with Gasteiger partial charge >= 0.3 is 11.2 Å². The van der Waals surface area contributed by atoms with Gasteiger partial charge in [0.1, 0.15) is 5.65 Å². The molecule has 1 saturated carbocycles. The molecule has 0 aliphatic heterocycles. The second kappa shape index (κ2) is 8.06. The third kappa shape index (κ3) is 4.14. The average molecular weight is 346 g/mol. The summed E-state index contributed by atoms with van der Waals surface area (Å²) in [6.07, 6.45) is 8.47. The highest BCUT2D eigenvalue weighted by Crippen LogP contribution is 2.21. The van der Waals surface area contributed by atoms with Crippen molar-refractivity contribution < 1.29 is 9.66 Å². The fraction of sp³-hybridized carbons (Fsp3) is 0.529. The number of nitro groups is 1. The second-order valence-electron chi connectivity index (χ2n) is 6.21. The molecule has 0 saturated heterocycles. The quantitative estimate of drug-likeness (QED) is 0.470. The Morgan fingerprint density at radius 1 is 1.32 bits per heavy atom. The van der Waals surface area contributed by atoms with Gasteiger partial charge < -0.3 is 10.1 Å². The Balaban J connectivity index is 1.63. The SMILES string of the molecule is O=c1c([N+](=O)[O-])c(NCCCOC2CCCCC2)nc2ccccn12. The van der Waals surface area contributed by atoms with E-state index in [-0.39, 0.29) is 5.82 Å². The maximum atomic E-state index is 12.3. The van der Waals surface area contributed by atoms with Crippen LogP contribution in [0, 0.1) is 10.1 Å². The lowest BCUT2D eigenvalue weighted by atomic mass is 9.98. The van der Waals surface area contributed by atoms with Gasteiger partial charge in [0.05, 0.1) is 11.0 Å². The first kappa shape index (κ1) is 17.3. The van der Waals surface area contributed by atoms with Gasteiger partial charge in [0.15, 0.2) is 0 Å². The summed E-state index contributed by atoms with van der Waals surface area (Å²) < 4.78 is 7.01. The molecule has 0 aromatic carbocycles. The summed E-state index contributed by atoms with van der Waals surface area (Å²) >= 11 is 0. The van der Waals surface area contributed by atoms with E-state index in [0.717, 1.165) is 12.8 Å². The Hall–Kier alpha value is -2.48. The lowest BCUT2D eigenvalue weighted by Gasteiger charge is -2.21. The van der Waals surface area contributed by atoms with Crippen LogP contribution in [0.1, 0.15) is 38.5 Å². The number of nitrogens with zero attached hydrogens (tertiary/aromatic N) is 3. The number of rotatable bonds is 7. The lowest BCUT2D eigenvalue weighted by Crippen LogP contribution is -2.22. The first-order valence-corrected chi connectivity index (χ1v) is 8.68. The van der Waals surface area contributed by atoms with Crippen LogP contribution in [0.3, 0.4) is 0 Å². The van der Waals surface area contributed by atoms with Crippen LogP contribution in [0.2, 0.25) is 0 Å². The van der Waals surface area contributed by atoms with Gasteiger partial charge in [-0.3, -0.25) is 19.3 Å². The molecule has 1 N–H and O–H groups in total. The molecule has 0 radical (unpaired) electrons. The first-order valence-electron chi connectivity index (χ1n) is 8.68. The summed E-state index contributed by atoms with van der Waals surface area (Å²) in [6.45, 7) is 1.06. The number of anilines is 1. The Kier molecular flexibility index (Phi) is 5.60. The number of pyridine rings is 1. The molecule has 0 amide bonds. The fourth-order valence-electron chi connectivity index (χ4n) is 3.13. The zero-order valence-corrected chi connectivity index (χ0v) is 14.0. The minimum Gasteiger partial charge on any atom is -0.378 e. The topological polar surface area (TPSA) is 98.8 Å². The van der Waals surface area contributed by atoms with Crippen LogP contribution in [-0.2, 0) is 4.74 Å². The predicted octanol–water partition coefficient (Wildman–Crippen LogP) is 2.75. The monoisotopic (exact) mass is 346 g/mol. The third-order valence-corrected chi connectivity index (χ3v) is 4.41. The van der Waals surface area contributed by atoms with Crippen molar-refractivity contribution in [3.05, 3.63) is 44.9 Å². The Morgan fingerprint density at radius 3 is 2.88 bits per heavy atom. The first-order chi connectivity index (χ1) is 12.2. The van der Waals surface area contributed by atoms with Crippen molar-refractivity contribution in [1.29, 1.82) is 0 Å². The van der Waals surface area contributed by atoms with Crippen molar-refractivity contribution in [3.63, 3.8) is 0 Å². The standard InChI is InChI=1S/C17H22N4O4/c22-17-15(21(23)24)16(19-14-9-4-5-11-20(14)17)18-10-6-12-25-13-7-2-1-3-8-13/h4-5,9,11,13,18H,1-3,6-8,10,12H2. The van der Waals surface area contributed by atoms with Crippen molar-refractivity contribution in [1.82, 2.24) is 9.38 Å². The summed E-state index contributed by atoms with van der Waals surface area (Å²) in [7, 11) is 0. The van der Waals surface area contributed by atoms with Crippen molar-refractivity contribution in [2.45, 2.75) is 44.6 Å². The van der Waals surface area contributed by atoms with Crippen LogP contribution < -0.4 is 10.9 Å². The maximum absolute atomic E-state index is 12.3. The molecule has 0 bridgehead atoms. The van der Waals surface area contributed by atoms with Crippen LogP contribution in [0.15, 0.2) is 29.2 Å². The maximum Gasteiger partial charge on any atom is 0.376 e. The van der Waals surface area contributed by atoms with E-state index in [4.69, 9.17) is 4.74 Å². The molecule has 1 aliphatic carbocycles. The molecule has 25 heavy (non-hydrogen) atoms. The van der Waals surface area contributed by atoms with Crippen molar-refractivity contribution in [3.8, 4) is 0 Å². The summed E-state index contributed by atoms with van der Waals surface area (Å²) in [4.78, 5) is 27.1. The molecule has 134 valence electrons. The molecular weight excluding hydrogens is 324 g/mol. The fourth-order valence-corrected chi connectivity index (χ4v) is 3.13. The molecule has 0 spiro atoms. The van der Waals surface area contributed by atoms with Crippen LogP contribution in [0.5, 0.6) is 0 Å². The highest BCUT2D eigenvalue weighted by Gasteiger charge is 2.23. The molecule has 0 atom stereocenters. The zero-order valence-electron chi connectivity index (χ0n) is 14.0. The highest BCUT2D eigenvalue weighted by atomic mass is 16.6. The van der Waals surface area contributed by atoms with E-state index < -0.39 is 16.2 Å². The Bertz CT molecular complexity index is 799. The van der Waals surface area contributed by atoms with Crippen LogP contribution in [0.25, 0.3) is 5.65 Å². The predicted molar refractivity (Wildman–Crippen MR) is 94.0 cm³/mol. The second-order valence-corrected chi connectivity index (χ2v) is 6.21. The van der Waals surface area contributed by atoms with Gasteiger partial charge in [-0.15, -0.1) is 0 Å². The van der Waals surface area contributed by atoms with E-state index in [1.165, 1.54) is 29.9 Å². The molecule has 1 aliphatic rings. The Morgan fingerprint density at radius 2 is 2.12 bits per heavy atom. The van der Waals surface area contributed by atoms with Gasteiger partial charge in [-0.1, -0.05) is 25.3 Å². The minimum atomic E-state index is -0.685. The molecule has 0 unspecified atom stereocenters. The molecule has 2 aromatic heterocycles. The molecular formula is C17H22N4O4. The Labute approximate surface area is 145 Å². The summed E-state index contributed by atoms with van der Waals surface area (Å²) in [5.74, 6) is 0.0128. The van der Waals surface area contributed by atoms with E-state index in [1.807, 2.05) is 0 Å². The molecule has 2 aromatic rings. The van der Waals surface area contributed by atoms with E-state index in [0.29, 0.717) is 31.3 Å².